The molecular formula is C27H27BrN2O2S. The van der Waals surface area contributed by atoms with Gasteiger partial charge in [0, 0.05) is 22.1 Å². The number of aliphatic imine (C=N–C) groups is 1. The van der Waals surface area contributed by atoms with E-state index in [0.717, 1.165) is 26.5 Å². The highest BCUT2D eigenvalue weighted by molar-refractivity contribution is 9.10. The third kappa shape index (κ3) is 5.50. The third-order valence-corrected chi connectivity index (χ3v) is 6.68. The first kappa shape index (κ1) is 23.6. The van der Waals surface area contributed by atoms with Crippen molar-refractivity contribution in [1.82, 2.24) is 4.90 Å². The Bertz CT molecular complexity index is 1250. The molecule has 0 radical (unpaired) electrons. The molecule has 0 unspecified atom stereocenters. The Morgan fingerprint density at radius 1 is 1.03 bits per heavy atom. The molecule has 1 amide bonds. The smallest absolute Gasteiger partial charge is 0.266 e. The van der Waals surface area contributed by atoms with Crippen molar-refractivity contribution in [1.29, 1.82) is 0 Å². The van der Waals surface area contributed by atoms with E-state index in [9.17, 15) is 4.79 Å². The van der Waals surface area contributed by atoms with Crippen LogP contribution in [0.2, 0.25) is 0 Å². The van der Waals surface area contributed by atoms with Gasteiger partial charge in [-0.15, -0.1) is 0 Å². The lowest BCUT2D eigenvalue weighted by atomic mass is 10.1. The van der Waals surface area contributed by atoms with Gasteiger partial charge >= 0.3 is 0 Å². The van der Waals surface area contributed by atoms with Crippen LogP contribution in [0.15, 0.2) is 75.0 Å². The summed E-state index contributed by atoms with van der Waals surface area (Å²) >= 11 is 4.98. The molecule has 6 heteroatoms. The quantitative estimate of drug-likeness (QED) is 0.319. The van der Waals surface area contributed by atoms with E-state index < -0.39 is 0 Å². The standard InChI is InChI=1S/C27H27BrN2O2S/c1-17(2)29-27-30(18(3)4)26(31)25(33-27)15-22-14-23(28)11-12-24(22)32-16-19-9-10-20-7-5-6-8-21(20)13-19/h5-15,17-18H,16H2,1-4H3/b25-15+,29-27?. The predicted octanol–water partition coefficient (Wildman–Crippen LogP) is 7.27. The topological polar surface area (TPSA) is 41.9 Å². The number of amidine groups is 1. The SMILES string of the molecule is CC(C)N=C1S/C(=C/c2cc(Br)ccc2OCc2ccc3ccccc3c2)C(=O)N1C(C)C. The van der Waals surface area contributed by atoms with Crippen LogP contribution < -0.4 is 4.74 Å². The van der Waals surface area contributed by atoms with Crippen LogP contribution in [0.1, 0.15) is 38.8 Å². The van der Waals surface area contributed by atoms with E-state index in [0.29, 0.717) is 11.5 Å². The Morgan fingerprint density at radius 2 is 1.79 bits per heavy atom. The third-order valence-electron chi connectivity index (χ3n) is 5.19. The summed E-state index contributed by atoms with van der Waals surface area (Å²) in [5.41, 5.74) is 1.95. The molecule has 1 saturated heterocycles. The zero-order chi connectivity index (χ0) is 23.5. The van der Waals surface area contributed by atoms with E-state index in [4.69, 9.17) is 4.74 Å². The fraction of sp³-hybridized carbons (Fsp3) is 0.259. The Kier molecular flexibility index (Phi) is 7.25. The van der Waals surface area contributed by atoms with Crippen molar-refractivity contribution in [2.24, 2.45) is 4.99 Å². The van der Waals surface area contributed by atoms with E-state index in [2.05, 4.69) is 51.3 Å². The number of fused-ring (bicyclic) bond motifs is 1. The number of amides is 1. The van der Waals surface area contributed by atoms with Gasteiger partial charge in [-0.2, -0.15) is 0 Å². The molecule has 0 aromatic heterocycles. The summed E-state index contributed by atoms with van der Waals surface area (Å²) in [4.78, 5) is 20.2. The van der Waals surface area contributed by atoms with Crippen LogP contribution in [0.4, 0.5) is 0 Å². The molecule has 0 spiro atoms. The highest BCUT2D eigenvalue weighted by Crippen LogP contribution is 2.36. The Morgan fingerprint density at radius 3 is 2.52 bits per heavy atom. The number of thioether (sulfide) groups is 1. The summed E-state index contributed by atoms with van der Waals surface area (Å²) in [7, 11) is 0. The Balaban J connectivity index is 1.61. The number of carbonyl (C=O) groups is 1. The van der Waals surface area contributed by atoms with Crippen LogP contribution in [-0.4, -0.2) is 28.1 Å². The van der Waals surface area contributed by atoms with E-state index in [1.807, 2.05) is 64.1 Å². The van der Waals surface area contributed by atoms with Gasteiger partial charge in [0.15, 0.2) is 5.17 Å². The molecule has 1 aliphatic heterocycles. The number of carbonyl (C=O) groups excluding carboxylic acids is 1. The van der Waals surface area contributed by atoms with E-state index >= 15 is 0 Å². The molecule has 4 rings (SSSR count). The minimum Gasteiger partial charge on any atom is -0.488 e. The molecule has 0 saturated carbocycles. The van der Waals surface area contributed by atoms with Crippen molar-refractivity contribution in [2.45, 2.75) is 46.4 Å². The van der Waals surface area contributed by atoms with Crippen molar-refractivity contribution >= 4 is 55.6 Å². The molecule has 33 heavy (non-hydrogen) atoms. The van der Waals surface area contributed by atoms with E-state index in [1.54, 1.807) is 4.90 Å². The molecule has 3 aromatic carbocycles. The van der Waals surface area contributed by atoms with Gasteiger partial charge in [-0.1, -0.05) is 52.3 Å². The fourth-order valence-corrected chi connectivity index (χ4v) is 5.25. The van der Waals surface area contributed by atoms with Crippen LogP contribution in [0.5, 0.6) is 5.75 Å². The number of rotatable bonds is 6. The van der Waals surface area contributed by atoms with Crippen molar-refractivity contribution in [3.8, 4) is 5.75 Å². The first-order valence-corrected chi connectivity index (χ1v) is 12.6. The van der Waals surface area contributed by atoms with Gasteiger partial charge in [0.25, 0.3) is 5.91 Å². The van der Waals surface area contributed by atoms with Crippen LogP contribution in [0.25, 0.3) is 16.8 Å². The van der Waals surface area contributed by atoms with Gasteiger partial charge in [-0.25, -0.2) is 0 Å². The summed E-state index contributed by atoms with van der Waals surface area (Å²) in [6.07, 6.45) is 1.91. The van der Waals surface area contributed by atoms with Crippen LogP contribution >= 0.6 is 27.7 Å². The molecule has 0 bridgehead atoms. The second kappa shape index (κ2) is 10.1. The Hall–Kier alpha value is -2.57. The molecule has 1 heterocycles. The first-order chi connectivity index (χ1) is 15.8. The van der Waals surface area contributed by atoms with Crippen LogP contribution in [-0.2, 0) is 11.4 Å². The Labute approximate surface area is 207 Å². The van der Waals surface area contributed by atoms with Gasteiger partial charge in [0.05, 0.1) is 4.91 Å². The number of nitrogens with zero attached hydrogens (tertiary/aromatic N) is 2. The maximum atomic E-state index is 13.1. The second-order valence-corrected chi connectivity index (χ2v) is 10.5. The number of benzene rings is 3. The molecule has 4 nitrogen and oxygen atoms in total. The molecule has 170 valence electrons. The van der Waals surface area contributed by atoms with Crippen molar-refractivity contribution in [2.75, 3.05) is 0 Å². The van der Waals surface area contributed by atoms with Gasteiger partial charge in [-0.3, -0.25) is 14.7 Å². The molecule has 0 aliphatic carbocycles. The van der Waals surface area contributed by atoms with Gasteiger partial charge in [-0.05, 0) is 86.1 Å². The highest BCUT2D eigenvalue weighted by atomic mass is 79.9. The highest BCUT2D eigenvalue weighted by Gasteiger charge is 2.35. The maximum Gasteiger partial charge on any atom is 0.266 e. The van der Waals surface area contributed by atoms with Crippen molar-refractivity contribution < 1.29 is 9.53 Å². The minimum absolute atomic E-state index is 0.0187. The zero-order valence-electron chi connectivity index (χ0n) is 19.2. The normalized spacial score (nSPS) is 16.7. The van der Waals surface area contributed by atoms with Crippen LogP contribution in [0.3, 0.4) is 0 Å². The lowest BCUT2D eigenvalue weighted by Gasteiger charge is -2.20. The van der Waals surface area contributed by atoms with Crippen molar-refractivity contribution in [3.05, 3.63) is 81.2 Å². The van der Waals surface area contributed by atoms with Crippen LogP contribution in [0, 0.1) is 0 Å². The molecule has 3 aromatic rings. The lowest BCUT2D eigenvalue weighted by Crippen LogP contribution is -2.35. The number of hydrogen-bond acceptors (Lipinski definition) is 4. The summed E-state index contributed by atoms with van der Waals surface area (Å²) in [5.74, 6) is 0.715. The van der Waals surface area contributed by atoms with Crippen molar-refractivity contribution in [3.63, 3.8) is 0 Å². The summed E-state index contributed by atoms with van der Waals surface area (Å²) in [6, 6.07) is 20.7. The number of ether oxygens (including phenoxy) is 1. The number of halogens is 1. The molecule has 1 aliphatic rings. The van der Waals surface area contributed by atoms with E-state index in [-0.39, 0.29) is 18.0 Å². The first-order valence-electron chi connectivity index (χ1n) is 11.0. The average molecular weight is 523 g/mol. The molecule has 1 fully saturated rings. The number of hydrogen-bond donors (Lipinski definition) is 0. The fourth-order valence-electron chi connectivity index (χ4n) is 3.65. The van der Waals surface area contributed by atoms with Gasteiger partial charge in [0.2, 0.25) is 0 Å². The monoisotopic (exact) mass is 522 g/mol. The second-order valence-electron chi connectivity index (χ2n) is 8.54. The maximum absolute atomic E-state index is 13.1. The molecule has 0 N–H and O–H groups in total. The largest absolute Gasteiger partial charge is 0.488 e. The zero-order valence-corrected chi connectivity index (χ0v) is 21.6. The average Bonchev–Trinajstić information content (AvgIpc) is 3.07. The summed E-state index contributed by atoms with van der Waals surface area (Å²) in [5, 5.41) is 3.15. The molecule has 0 atom stereocenters. The lowest BCUT2D eigenvalue weighted by molar-refractivity contribution is -0.123. The minimum atomic E-state index is -0.0187. The summed E-state index contributed by atoms with van der Waals surface area (Å²) < 4.78 is 7.14. The summed E-state index contributed by atoms with van der Waals surface area (Å²) in [6.45, 7) is 8.50. The molecular weight excluding hydrogens is 496 g/mol. The van der Waals surface area contributed by atoms with Gasteiger partial charge < -0.3 is 4.74 Å². The predicted molar refractivity (Wildman–Crippen MR) is 143 cm³/mol. The van der Waals surface area contributed by atoms with Gasteiger partial charge in [0.1, 0.15) is 12.4 Å². The van der Waals surface area contributed by atoms with E-state index in [1.165, 1.54) is 22.5 Å².